The molecule has 0 bridgehead atoms. The van der Waals surface area contributed by atoms with Crippen LogP contribution in [0.2, 0.25) is 0 Å². The second-order valence-electron chi connectivity index (χ2n) is 8.49. The molecule has 0 spiro atoms. The van der Waals surface area contributed by atoms with E-state index in [0.717, 1.165) is 10.5 Å². The second-order valence-corrected chi connectivity index (χ2v) is 10.0. The maximum Gasteiger partial charge on any atom is 0.257 e. The number of benzene rings is 2. The number of primary sulfonamides is 1. The Kier molecular flexibility index (Phi) is 5.77. The van der Waals surface area contributed by atoms with Gasteiger partial charge >= 0.3 is 0 Å². The van der Waals surface area contributed by atoms with Crippen LogP contribution in [0.3, 0.4) is 0 Å². The van der Waals surface area contributed by atoms with Crippen molar-refractivity contribution < 1.29 is 22.8 Å². The lowest BCUT2D eigenvalue weighted by Crippen LogP contribution is -2.54. The molecule has 2 N–H and O–H groups in total. The topological polar surface area (TPSA) is 118 Å². The van der Waals surface area contributed by atoms with E-state index in [1.54, 1.807) is 12.1 Å². The van der Waals surface area contributed by atoms with E-state index in [4.69, 9.17) is 5.14 Å². The van der Waals surface area contributed by atoms with E-state index < -0.39 is 33.4 Å². The van der Waals surface area contributed by atoms with E-state index >= 15 is 0 Å². The Morgan fingerprint density at radius 1 is 1.06 bits per heavy atom. The van der Waals surface area contributed by atoms with Crippen molar-refractivity contribution in [1.29, 1.82) is 0 Å². The van der Waals surface area contributed by atoms with Crippen LogP contribution in [-0.2, 0) is 19.6 Å². The van der Waals surface area contributed by atoms with E-state index in [2.05, 4.69) is 0 Å². The molecule has 2 aromatic rings. The number of hydrogen-bond donors (Lipinski definition) is 1. The quantitative estimate of drug-likeness (QED) is 0.727. The summed E-state index contributed by atoms with van der Waals surface area (Å²) >= 11 is 0. The van der Waals surface area contributed by atoms with Crippen LogP contribution in [0.1, 0.15) is 43.1 Å². The molecule has 1 unspecified atom stereocenters. The molecular weight excluding hydrogens is 418 g/mol. The Labute approximate surface area is 181 Å². The number of anilines is 1. The molecule has 164 valence electrons. The number of hydrogen-bond acceptors (Lipinski definition) is 5. The van der Waals surface area contributed by atoms with Gasteiger partial charge in [-0.2, -0.15) is 0 Å². The third-order valence-electron chi connectivity index (χ3n) is 5.17. The minimum atomic E-state index is -3.90. The molecular formula is C22H25N3O5S. The molecule has 0 aromatic heterocycles. The van der Waals surface area contributed by atoms with Gasteiger partial charge in [0, 0.05) is 11.1 Å². The number of rotatable bonds is 4. The average Bonchev–Trinajstić information content (AvgIpc) is 2.94. The molecule has 8 nitrogen and oxygen atoms in total. The van der Waals surface area contributed by atoms with Crippen LogP contribution < -0.4 is 10.0 Å². The van der Waals surface area contributed by atoms with Crippen LogP contribution in [0, 0.1) is 6.92 Å². The van der Waals surface area contributed by atoms with Crippen molar-refractivity contribution in [2.45, 2.75) is 50.6 Å². The first-order valence-corrected chi connectivity index (χ1v) is 11.3. The lowest BCUT2D eigenvalue weighted by Gasteiger charge is -2.39. The Hall–Kier alpha value is -3.04. The van der Waals surface area contributed by atoms with Crippen LogP contribution in [0.4, 0.5) is 5.69 Å². The number of nitrogens with zero attached hydrogens (tertiary/aromatic N) is 2. The van der Waals surface area contributed by atoms with E-state index in [9.17, 15) is 22.8 Å². The zero-order valence-corrected chi connectivity index (χ0v) is 18.6. The summed E-state index contributed by atoms with van der Waals surface area (Å²) in [6.07, 6.45) is -0.162. The van der Waals surface area contributed by atoms with Crippen molar-refractivity contribution in [1.82, 2.24) is 4.90 Å². The van der Waals surface area contributed by atoms with E-state index in [1.807, 2.05) is 39.8 Å². The van der Waals surface area contributed by atoms with Gasteiger partial charge in [-0.3, -0.25) is 14.4 Å². The summed E-state index contributed by atoms with van der Waals surface area (Å²) in [5.74, 6) is -1.33. The standard InChI is InChI=1S/C22H25N3O5S/c1-14-7-5-6-8-17(14)20(27)25(22(2,3)4)18-13-19(26)24(21(18)28)15-9-11-16(12-10-15)31(23,29)30/h5-12,18H,13H2,1-4H3,(H2,23,29,30). The van der Waals surface area contributed by atoms with Crippen molar-refractivity contribution in [3.05, 3.63) is 59.7 Å². The molecule has 1 aliphatic rings. The number of sulfonamides is 1. The molecule has 0 aliphatic carbocycles. The van der Waals surface area contributed by atoms with Crippen LogP contribution in [0.5, 0.6) is 0 Å². The van der Waals surface area contributed by atoms with Crippen LogP contribution in [0.25, 0.3) is 0 Å². The lowest BCUT2D eigenvalue weighted by atomic mass is 9.98. The predicted molar refractivity (Wildman–Crippen MR) is 116 cm³/mol. The van der Waals surface area contributed by atoms with Gasteiger partial charge in [0.2, 0.25) is 15.9 Å². The molecule has 9 heteroatoms. The zero-order valence-electron chi connectivity index (χ0n) is 17.8. The molecule has 0 radical (unpaired) electrons. The Bertz CT molecular complexity index is 1150. The highest BCUT2D eigenvalue weighted by Gasteiger charge is 2.47. The number of carbonyl (C=O) groups is 3. The minimum absolute atomic E-state index is 0.127. The molecule has 0 saturated carbocycles. The minimum Gasteiger partial charge on any atom is -0.321 e. The lowest BCUT2D eigenvalue weighted by molar-refractivity contribution is -0.123. The van der Waals surface area contributed by atoms with Crippen molar-refractivity contribution in [3.63, 3.8) is 0 Å². The molecule has 3 rings (SSSR count). The number of amides is 3. The number of imide groups is 1. The van der Waals surface area contributed by atoms with Gasteiger partial charge in [0.1, 0.15) is 6.04 Å². The molecule has 1 atom stereocenters. The summed E-state index contributed by atoms with van der Waals surface area (Å²) in [5.41, 5.74) is 0.734. The summed E-state index contributed by atoms with van der Waals surface area (Å²) in [5, 5.41) is 5.11. The van der Waals surface area contributed by atoms with Crippen LogP contribution in [0.15, 0.2) is 53.4 Å². The fraction of sp³-hybridized carbons (Fsp3) is 0.318. The first kappa shape index (κ1) is 22.6. The molecule has 31 heavy (non-hydrogen) atoms. The van der Waals surface area contributed by atoms with Gasteiger partial charge in [-0.05, 0) is 63.6 Å². The Morgan fingerprint density at radius 3 is 2.16 bits per heavy atom. The molecule has 1 fully saturated rings. The maximum atomic E-state index is 13.4. The SMILES string of the molecule is Cc1ccccc1C(=O)N(C1CC(=O)N(c2ccc(S(N)(=O)=O)cc2)C1=O)C(C)(C)C. The summed E-state index contributed by atoms with van der Waals surface area (Å²) in [4.78, 5) is 41.8. The van der Waals surface area contributed by atoms with Crippen molar-refractivity contribution in [2.75, 3.05) is 4.90 Å². The molecule has 3 amide bonds. The summed E-state index contributed by atoms with van der Waals surface area (Å²) in [6.45, 7) is 7.24. The number of nitrogens with two attached hydrogens (primary N) is 1. The molecule has 1 saturated heterocycles. The van der Waals surface area contributed by atoms with Crippen LogP contribution in [-0.4, -0.2) is 42.6 Å². The zero-order chi connectivity index (χ0) is 23.1. The van der Waals surface area contributed by atoms with Gasteiger partial charge in [0.25, 0.3) is 11.8 Å². The first-order valence-electron chi connectivity index (χ1n) is 9.71. The summed E-state index contributed by atoms with van der Waals surface area (Å²) in [7, 11) is -3.90. The van der Waals surface area contributed by atoms with E-state index in [-0.39, 0.29) is 22.9 Å². The Balaban J connectivity index is 1.98. The Morgan fingerprint density at radius 2 is 1.65 bits per heavy atom. The fourth-order valence-corrected chi connectivity index (χ4v) is 4.25. The summed E-state index contributed by atoms with van der Waals surface area (Å²) in [6, 6.07) is 11.3. The van der Waals surface area contributed by atoms with E-state index in [1.165, 1.54) is 29.2 Å². The third kappa shape index (κ3) is 4.38. The number of aryl methyl sites for hydroxylation is 1. The largest absolute Gasteiger partial charge is 0.321 e. The van der Waals surface area contributed by atoms with Gasteiger partial charge in [0.05, 0.1) is 17.0 Å². The highest BCUT2D eigenvalue weighted by Crippen LogP contribution is 2.31. The first-order chi connectivity index (χ1) is 14.3. The van der Waals surface area contributed by atoms with Gasteiger partial charge in [-0.25, -0.2) is 18.5 Å². The summed E-state index contributed by atoms with van der Waals surface area (Å²) < 4.78 is 22.9. The van der Waals surface area contributed by atoms with Crippen molar-refractivity contribution in [3.8, 4) is 0 Å². The smallest absolute Gasteiger partial charge is 0.257 e. The van der Waals surface area contributed by atoms with Gasteiger partial charge < -0.3 is 4.90 Å². The van der Waals surface area contributed by atoms with Gasteiger partial charge in [-0.15, -0.1) is 0 Å². The molecule has 2 aromatic carbocycles. The second kappa shape index (κ2) is 7.90. The van der Waals surface area contributed by atoms with E-state index in [0.29, 0.717) is 5.56 Å². The van der Waals surface area contributed by atoms with Crippen LogP contribution >= 0.6 is 0 Å². The normalized spacial score (nSPS) is 17.2. The predicted octanol–water partition coefficient (Wildman–Crippen LogP) is 2.22. The highest BCUT2D eigenvalue weighted by atomic mass is 32.2. The molecule has 1 aliphatic heterocycles. The highest BCUT2D eigenvalue weighted by molar-refractivity contribution is 7.89. The average molecular weight is 444 g/mol. The maximum absolute atomic E-state index is 13.4. The third-order valence-corrected chi connectivity index (χ3v) is 6.10. The molecule has 1 heterocycles. The van der Waals surface area contributed by atoms with Crippen molar-refractivity contribution in [2.24, 2.45) is 5.14 Å². The van der Waals surface area contributed by atoms with Gasteiger partial charge in [0.15, 0.2) is 0 Å². The van der Waals surface area contributed by atoms with Crippen molar-refractivity contribution >= 4 is 33.4 Å². The number of carbonyl (C=O) groups excluding carboxylic acids is 3. The van der Waals surface area contributed by atoms with Gasteiger partial charge in [-0.1, -0.05) is 18.2 Å². The fourth-order valence-electron chi connectivity index (χ4n) is 3.73. The monoisotopic (exact) mass is 443 g/mol.